The maximum absolute atomic E-state index is 7.71. The fourth-order valence-corrected chi connectivity index (χ4v) is 3.34. The van der Waals surface area contributed by atoms with Gasteiger partial charge in [-0.25, -0.2) is 0 Å². The second-order valence-corrected chi connectivity index (χ2v) is 6.10. The van der Waals surface area contributed by atoms with Gasteiger partial charge in [-0.3, -0.25) is 5.41 Å². The highest BCUT2D eigenvalue weighted by Crippen LogP contribution is 2.30. The fraction of sp³-hybridized carbons (Fsp3) is 0.0952. The van der Waals surface area contributed by atoms with E-state index < -0.39 is 0 Å². The lowest BCUT2D eigenvalue weighted by atomic mass is 10.1. The van der Waals surface area contributed by atoms with E-state index in [9.17, 15) is 0 Å². The number of para-hydroxylation sites is 1. The Labute approximate surface area is 146 Å². The number of amidine groups is 1. The van der Waals surface area contributed by atoms with E-state index in [0.29, 0.717) is 0 Å². The highest BCUT2D eigenvalue weighted by Gasteiger charge is 2.12. The molecule has 0 spiro atoms. The summed E-state index contributed by atoms with van der Waals surface area (Å²) in [6.45, 7) is 0.751. The van der Waals surface area contributed by atoms with Gasteiger partial charge in [0, 0.05) is 33.9 Å². The van der Waals surface area contributed by atoms with Crippen LogP contribution >= 0.6 is 0 Å². The van der Waals surface area contributed by atoms with Crippen molar-refractivity contribution in [2.75, 3.05) is 7.11 Å². The van der Waals surface area contributed by atoms with Crippen molar-refractivity contribution in [3.05, 3.63) is 77.9 Å². The fourth-order valence-electron chi connectivity index (χ4n) is 3.34. The Kier molecular flexibility index (Phi) is 3.65. The smallest absolute Gasteiger partial charge is 0.122 e. The molecule has 0 aliphatic heterocycles. The van der Waals surface area contributed by atoms with E-state index in [1.807, 2.05) is 36.4 Å². The molecular formula is C21H19N3O. The number of ether oxygens (including phenoxy) is 1. The molecule has 124 valence electrons. The second-order valence-electron chi connectivity index (χ2n) is 6.10. The molecule has 0 radical (unpaired) electrons. The molecule has 0 saturated heterocycles. The maximum Gasteiger partial charge on any atom is 0.122 e. The zero-order valence-corrected chi connectivity index (χ0v) is 14.0. The van der Waals surface area contributed by atoms with Crippen molar-refractivity contribution in [3.8, 4) is 5.75 Å². The molecule has 4 nitrogen and oxygen atoms in total. The molecule has 25 heavy (non-hydrogen) atoms. The number of nitrogens with two attached hydrogens (primary N) is 1. The third-order valence-corrected chi connectivity index (χ3v) is 4.56. The van der Waals surface area contributed by atoms with Crippen LogP contribution in [0.4, 0.5) is 0 Å². The summed E-state index contributed by atoms with van der Waals surface area (Å²) in [7, 11) is 1.68. The average Bonchev–Trinajstić information content (AvgIpc) is 2.95. The lowest BCUT2D eigenvalue weighted by Gasteiger charge is -2.09. The topological polar surface area (TPSA) is 64.0 Å². The summed E-state index contributed by atoms with van der Waals surface area (Å²) >= 11 is 0. The zero-order valence-electron chi connectivity index (χ0n) is 14.0. The van der Waals surface area contributed by atoms with Gasteiger partial charge in [-0.1, -0.05) is 30.3 Å². The Balaban J connectivity index is 1.93. The Morgan fingerprint density at radius 2 is 1.76 bits per heavy atom. The second kappa shape index (κ2) is 5.98. The molecule has 0 bridgehead atoms. The highest BCUT2D eigenvalue weighted by atomic mass is 16.5. The number of methoxy groups -OCH3 is 1. The largest absolute Gasteiger partial charge is 0.497 e. The molecule has 3 aromatic carbocycles. The van der Waals surface area contributed by atoms with Gasteiger partial charge in [0.15, 0.2) is 0 Å². The normalized spacial score (nSPS) is 11.1. The summed E-state index contributed by atoms with van der Waals surface area (Å²) in [6, 6.07) is 22.4. The van der Waals surface area contributed by atoms with Gasteiger partial charge >= 0.3 is 0 Å². The molecule has 0 fully saturated rings. The SMILES string of the molecule is COc1cccc(Cn2c3ccccc3c3cc(C(=N)N)ccc32)c1. The zero-order chi connectivity index (χ0) is 17.4. The van der Waals surface area contributed by atoms with Crippen molar-refractivity contribution in [3.63, 3.8) is 0 Å². The summed E-state index contributed by atoms with van der Waals surface area (Å²) in [6.07, 6.45) is 0. The number of nitrogens with one attached hydrogen (secondary N) is 1. The number of benzene rings is 3. The Morgan fingerprint density at radius 3 is 2.56 bits per heavy atom. The van der Waals surface area contributed by atoms with E-state index in [2.05, 4.69) is 34.9 Å². The molecule has 1 heterocycles. The van der Waals surface area contributed by atoms with Gasteiger partial charge in [-0.05, 0) is 42.0 Å². The Morgan fingerprint density at radius 1 is 0.960 bits per heavy atom. The first-order chi connectivity index (χ1) is 12.2. The molecule has 3 N–H and O–H groups in total. The number of rotatable bonds is 4. The van der Waals surface area contributed by atoms with Gasteiger partial charge in [0.25, 0.3) is 0 Å². The van der Waals surface area contributed by atoms with Gasteiger partial charge < -0.3 is 15.0 Å². The number of aromatic nitrogens is 1. The first kappa shape index (κ1) is 15.3. The quantitative estimate of drug-likeness (QED) is 0.437. The molecule has 0 amide bonds. The lowest BCUT2D eigenvalue weighted by molar-refractivity contribution is 0.414. The predicted octanol–water partition coefficient (Wildman–Crippen LogP) is 4.14. The first-order valence-corrected chi connectivity index (χ1v) is 8.15. The number of nitrogens with zero attached hydrogens (tertiary/aromatic N) is 1. The molecule has 4 aromatic rings. The minimum atomic E-state index is 0.0894. The lowest BCUT2D eigenvalue weighted by Crippen LogP contribution is -2.10. The van der Waals surface area contributed by atoms with Crippen molar-refractivity contribution in [2.45, 2.75) is 6.54 Å². The number of hydrogen-bond acceptors (Lipinski definition) is 2. The Bertz CT molecular complexity index is 1090. The summed E-state index contributed by atoms with van der Waals surface area (Å²) < 4.78 is 7.64. The first-order valence-electron chi connectivity index (χ1n) is 8.15. The van der Waals surface area contributed by atoms with Gasteiger partial charge in [0.1, 0.15) is 11.6 Å². The van der Waals surface area contributed by atoms with E-state index in [-0.39, 0.29) is 5.84 Å². The van der Waals surface area contributed by atoms with Crippen molar-refractivity contribution in [1.82, 2.24) is 4.57 Å². The molecule has 0 unspecified atom stereocenters. The molecule has 0 atom stereocenters. The third kappa shape index (κ3) is 2.62. The van der Waals surface area contributed by atoms with Crippen molar-refractivity contribution >= 4 is 27.6 Å². The van der Waals surface area contributed by atoms with Gasteiger partial charge in [0.05, 0.1) is 7.11 Å². The van der Waals surface area contributed by atoms with E-state index in [1.165, 1.54) is 16.5 Å². The van der Waals surface area contributed by atoms with E-state index in [0.717, 1.165) is 28.8 Å². The average molecular weight is 329 g/mol. The standard InChI is InChI=1S/C21H19N3O/c1-25-16-6-4-5-14(11-16)13-24-19-8-3-2-7-17(19)18-12-15(21(22)23)9-10-20(18)24/h2-12H,13H2,1H3,(H3,22,23). The van der Waals surface area contributed by atoms with Crippen LogP contribution in [0.15, 0.2) is 66.7 Å². The van der Waals surface area contributed by atoms with Crippen molar-refractivity contribution in [1.29, 1.82) is 5.41 Å². The van der Waals surface area contributed by atoms with Crippen LogP contribution in [0.1, 0.15) is 11.1 Å². The van der Waals surface area contributed by atoms with E-state index >= 15 is 0 Å². The summed E-state index contributed by atoms with van der Waals surface area (Å²) in [5.74, 6) is 0.948. The van der Waals surface area contributed by atoms with Crippen LogP contribution in [0, 0.1) is 5.41 Å². The maximum atomic E-state index is 7.71. The minimum Gasteiger partial charge on any atom is -0.497 e. The number of nitrogen functional groups attached to an aromatic ring is 1. The molecular weight excluding hydrogens is 310 g/mol. The summed E-state index contributed by atoms with van der Waals surface area (Å²) in [5.41, 5.74) is 9.90. The van der Waals surface area contributed by atoms with Crippen LogP contribution < -0.4 is 10.5 Å². The van der Waals surface area contributed by atoms with Crippen LogP contribution in [0.25, 0.3) is 21.8 Å². The van der Waals surface area contributed by atoms with Crippen LogP contribution in [-0.2, 0) is 6.54 Å². The number of fused-ring (bicyclic) bond motifs is 3. The Hall–Kier alpha value is -3.27. The summed E-state index contributed by atoms with van der Waals surface area (Å²) in [4.78, 5) is 0. The molecule has 4 heteroatoms. The van der Waals surface area contributed by atoms with Crippen LogP contribution in [0.3, 0.4) is 0 Å². The molecule has 0 saturated carbocycles. The summed E-state index contributed by atoms with van der Waals surface area (Å²) in [5, 5.41) is 9.99. The van der Waals surface area contributed by atoms with Gasteiger partial charge in [0.2, 0.25) is 0 Å². The minimum absolute atomic E-state index is 0.0894. The molecule has 0 aliphatic carbocycles. The molecule has 4 rings (SSSR count). The number of hydrogen-bond donors (Lipinski definition) is 2. The van der Waals surface area contributed by atoms with Crippen LogP contribution in [-0.4, -0.2) is 17.5 Å². The van der Waals surface area contributed by atoms with E-state index in [1.54, 1.807) is 7.11 Å². The predicted molar refractivity (Wildman–Crippen MR) is 103 cm³/mol. The van der Waals surface area contributed by atoms with Gasteiger partial charge in [-0.15, -0.1) is 0 Å². The van der Waals surface area contributed by atoms with Gasteiger partial charge in [-0.2, -0.15) is 0 Å². The third-order valence-electron chi connectivity index (χ3n) is 4.56. The highest BCUT2D eigenvalue weighted by molar-refractivity contribution is 6.10. The van der Waals surface area contributed by atoms with Crippen LogP contribution in [0.2, 0.25) is 0 Å². The van der Waals surface area contributed by atoms with E-state index in [4.69, 9.17) is 15.9 Å². The van der Waals surface area contributed by atoms with Crippen molar-refractivity contribution < 1.29 is 4.74 Å². The molecule has 1 aromatic heterocycles. The van der Waals surface area contributed by atoms with Crippen LogP contribution in [0.5, 0.6) is 5.75 Å². The molecule has 0 aliphatic rings. The van der Waals surface area contributed by atoms with Crippen molar-refractivity contribution in [2.24, 2.45) is 5.73 Å². The monoisotopic (exact) mass is 329 g/mol.